The number of methoxy groups -OCH3 is 1. The summed E-state index contributed by atoms with van der Waals surface area (Å²) < 4.78 is 10.9. The predicted octanol–water partition coefficient (Wildman–Crippen LogP) is 4.71. The zero-order chi connectivity index (χ0) is 20.5. The van der Waals surface area contributed by atoms with Crippen molar-refractivity contribution < 1.29 is 9.47 Å². The van der Waals surface area contributed by atoms with E-state index in [9.17, 15) is 0 Å². The van der Waals surface area contributed by atoms with Crippen LogP contribution >= 0.6 is 0 Å². The van der Waals surface area contributed by atoms with Gasteiger partial charge in [-0.3, -0.25) is 0 Å². The summed E-state index contributed by atoms with van der Waals surface area (Å²) in [5, 5.41) is 6.72. The summed E-state index contributed by atoms with van der Waals surface area (Å²) in [4.78, 5) is 9.33. The molecule has 0 radical (unpaired) electrons. The first-order valence-corrected chi connectivity index (χ1v) is 9.83. The fraction of sp³-hybridized carbons (Fsp3) is 0.304. The maximum atomic E-state index is 5.77. The van der Waals surface area contributed by atoms with Crippen molar-refractivity contribution in [3.05, 3.63) is 60.7 Å². The first-order valence-electron chi connectivity index (χ1n) is 9.83. The zero-order valence-corrected chi connectivity index (χ0v) is 17.2. The maximum absolute atomic E-state index is 5.77. The standard InChI is InChI=1S/C23H28N4O2/c1-17(2)16-25-22-15-21(26-23(27-22)18-7-5-4-6-8-18)24-13-14-29-20-11-9-19(28-3)10-12-20/h4-12,15,17H,13-14,16H2,1-3H3,(H2,24,25,26,27). The third-order valence-electron chi connectivity index (χ3n) is 4.19. The van der Waals surface area contributed by atoms with Crippen molar-refractivity contribution >= 4 is 11.6 Å². The lowest BCUT2D eigenvalue weighted by Gasteiger charge is -2.13. The van der Waals surface area contributed by atoms with Crippen LogP contribution in [0.1, 0.15) is 13.8 Å². The summed E-state index contributed by atoms with van der Waals surface area (Å²) in [6.45, 7) is 6.34. The molecule has 0 amide bonds. The third kappa shape index (κ3) is 6.38. The Kier molecular flexibility index (Phi) is 7.28. The van der Waals surface area contributed by atoms with Crippen molar-refractivity contribution in [2.24, 2.45) is 5.92 Å². The third-order valence-corrected chi connectivity index (χ3v) is 4.19. The van der Waals surface area contributed by atoms with Crippen LogP contribution in [0.25, 0.3) is 11.4 Å². The van der Waals surface area contributed by atoms with E-state index in [1.807, 2.05) is 60.7 Å². The number of benzene rings is 2. The van der Waals surface area contributed by atoms with Gasteiger partial charge in [0.05, 0.1) is 13.7 Å². The number of hydrogen-bond donors (Lipinski definition) is 2. The van der Waals surface area contributed by atoms with Crippen LogP contribution in [-0.4, -0.2) is 36.8 Å². The van der Waals surface area contributed by atoms with E-state index in [2.05, 4.69) is 34.4 Å². The number of nitrogens with zero attached hydrogens (tertiary/aromatic N) is 2. The Hall–Kier alpha value is -3.28. The predicted molar refractivity (Wildman–Crippen MR) is 118 cm³/mol. The van der Waals surface area contributed by atoms with Crippen molar-refractivity contribution in [3.63, 3.8) is 0 Å². The van der Waals surface area contributed by atoms with Gasteiger partial charge in [-0.15, -0.1) is 0 Å². The minimum atomic E-state index is 0.520. The summed E-state index contributed by atoms with van der Waals surface area (Å²) in [7, 11) is 1.65. The van der Waals surface area contributed by atoms with Crippen LogP contribution in [0.3, 0.4) is 0 Å². The molecule has 6 nitrogen and oxygen atoms in total. The van der Waals surface area contributed by atoms with E-state index in [-0.39, 0.29) is 0 Å². The number of ether oxygens (including phenoxy) is 2. The van der Waals surface area contributed by atoms with E-state index in [0.717, 1.165) is 35.2 Å². The van der Waals surface area contributed by atoms with Crippen molar-refractivity contribution in [1.82, 2.24) is 9.97 Å². The molecule has 29 heavy (non-hydrogen) atoms. The molecule has 0 saturated carbocycles. The molecule has 152 valence electrons. The Labute approximate surface area is 172 Å². The first kappa shape index (κ1) is 20.5. The topological polar surface area (TPSA) is 68.3 Å². The van der Waals surface area contributed by atoms with Crippen molar-refractivity contribution in [2.45, 2.75) is 13.8 Å². The van der Waals surface area contributed by atoms with E-state index >= 15 is 0 Å². The van der Waals surface area contributed by atoms with Crippen LogP contribution < -0.4 is 20.1 Å². The average Bonchev–Trinajstić information content (AvgIpc) is 2.76. The fourth-order valence-corrected chi connectivity index (χ4v) is 2.67. The van der Waals surface area contributed by atoms with Crippen LogP contribution in [0.4, 0.5) is 11.6 Å². The van der Waals surface area contributed by atoms with Gasteiger partial charge < -0.3 is 20.1 Å². The molecule has 0 aliphatic carbocycles. The van der Waals surface area contributed by atoms with E-state index < -0.39 is 0 Å². The summed E-state index contributed by atoms with van der Waals surface area (Å²) in [5.74, 6) is 4.41. The van der Waals surface area contributed by atoms with Gasteiger partial charge in [-0.2, -0.15) is 0 Å². The summed E-state index contributed by atoms with van der Waals surface area (Å²) in [6.07, 6.45) is 0. The monoisotopic (exact) mass is 392 g/mol. The van der Waals surface area contributed by atoms with Gasteiger partial charge in [0.1, 0.15) is 29.7 Å². The second-order valence-electron chi connectivity index (χ2n) is 7.05. The molecule has 0 fully saturated rings. The van der Waals surface area contributed by atoms with E-state index in [1.54, 1.807) is 7.11 Å². The first-order chi connectivity index (χ1) is 14.1. The van der Waals surface area contributed by atoms with Crippen LogP contribution in [0.2, 0.25) is 0 Å². The number of anilines is 2. The Morgan fingerprint density at radius 2 is 1.52 bits per heavy atom. The van der Waals surface area contributed by atoms with Gasteiger partial charge in [-0.1, -0.05) is 44.2 Å². The molecular weight excluding hydrogens is 364 g/mol. The number of hydrogen-bond acceptors (Lipinski definition) is 6. The molecule has 3 rings (SSSR count). The minimum Gasteiger partial charge on any atom is -0.497 e. The second kappa shape index (κ2) is 10.3. The van der Waals surface area contributed by atoms with E-state index in [4.69, 9.17) is 9.47 Å². The Balaban J connectivity index is 1.64. The number of aromatic nitrogens is 2. The minimum absolute atomic E-state index is 0.520. The fourth-order valence-electron chi connectivity index (χ4n) is 2.67. The second-order valence-corrected chi connectivity index (χ2v) is 7.05. The summed E-state index contributed by atoms with van der Waals surface area (Å²) in [6, 6.07) is 19.5. The molecule has 6 heteroatoms. The molecule has 1 aromatic heterocycles. The van der Waals surface area contributed by atoms with Crippen LogP contribution in [0, 0.1) is 5.92 Å². The Bertz CT molecular complexity index is 883. The largest absolute Gasteiger partial charge is 0.497 e. The SMILES string of the molecule is COc1ccc(OCCNc2cc(NCC(C)C)nc(-c3ccccc3)n2)cc1. The average molecular weight is 393 g/mol. The smallest absolute Gasteiger partial charge is 0.163 e. The number of nitrogens with one attached hydrogen (secondary N) is 2. The van der Waals surface area contributed by atoms with Gasteiger partial charge >= 0.3 is 0 Å². The molecule has 0 atom stereocenters. The van der Waals surface area contributed by atoms with Crippen molar-refractivity contribution in [1.29, 1.82) is 0 Å². The van der Waals surface area contributed by atoms with Gasteiger partial charge in [0.15, 0.2) is 5.82 Å². The lowest BCUT2D eigenvalue weighted by atomic mass is 10.2. The van der Waals surface area contributed by atoms with E-state index in [1.165, 1.54) is 0 Å². The molecule has 2 aromatic carbocycles. The molecule has 0 bridgehead atoms. The van der Waals surface area contributed by atoms with Gasteiger partial charge in [0.2, 0.25) is 0 Å². The van der Waals surface area contributed by atoms with Crippen LogP contribution in [0.5, 0.6) is 11.5 Å². The Morgan fingerprint density at radius 1 is 0.862 bits per heavy atom. The molecule has 0 saturated heterocycles. The number of rotatable bonds is 10. The Morgan fingerprint density at radius 3 is 2.17 bits per heavy atom. The highest BCUT2D eigenvalue weighted by atomic mass is 16.5. The molecule has 0 aliphatic heterocycles. The molecular formula is C23H28N4O2. The van der Waals surface area contributed by atoms with Crippen molar-refractivity contribution in [2.75, 3.05) is 37.4 Å². The van der Waals surface area contributed by atoms with Gasteiger partial charge in [0, 0.05) is 18.2 Å². The lowest BCUT2D eigenvalue weighted by molar-refractivity contribution is 0.331. The quantitative estimate of drug-likeness (QED) is 0.487. The van der Waals surface area contributed by atoms with Crippen LogP contribution in [-0.2, 0) is 0 Å². The molecule has 0 aliphatic rings. The summed E-state index contributed by atoms with van der Waals surface area (Å²) >= 11 is 0. The lowest BCUT2D eigenvalue weighted by Crippen LogP contribution is -2.14. The highest BCUT2D eigenvalue weighted by molar-refractivity contribution is 5.61. The molecule has 0 unspecified atom stereocenters. The van der Waals surface area contributed by atoms with Gasteiger partial charge in [-0.25, -0.2) is 9.97 Å². The maximum Gasteiger partial charge on any atom is 0.163 e. The van der Waals surface area contributed by atoms with Crippen LogP contribution in [0.15, 0.2) is 60.7 Å². The van der Waals surface area contributed by atoms with Gasteiger partial charge in [0.25, 0.3) is 0 Å². The molecule has 2 N–H and O–H groups in total. The molecule has 1 heterocycles. The van der Waals surface area contributed by atoms with E-state index in [0.29, 0.717) is 24.9 Å². The normalized spacial score (nSPS) is 10.6. The summed E-state index contributed by atoms with van der Waals surface area (Å²) in [5.41, 5.74) is 0.984. The highest BCUT2D eigenvalue weighted by Gasteiger charge is 2.07. The van der Waals surface area contributed by atoms with Gasteiger partial charge in [-0.05, 0) is 30.2 Å². The highest BCUT2D eigenvalue weighted by Crippen LogP contribution is 2.21. The zero-order valence-electron chi connectivity index (χ0n) is 17.2. The van der Waals surface area contributed by atoms with Crippen molar-refractivity contribution in [3.8, 4) is 22.9 Å². The molecule has 0 spiro atoms. The molecule has 3 aromatic rings.